The fourth-order valence-electron chi connectivity index (χ4n) is 2.44. The predicted molar refractivity (Wildman–Crippen MR) is 78.2 cm³/mol. The molecule has 0 spiro atoms. The summed E-state index contributed by atoms with van der Waals surface area (Å²) in [5.41, 5.74) is 0.461. The van der Waals surface area contributed by atoms with Gasteiger partial charge in [-0.15, -0.1) is 0 Å². The second-order valence-electron chi connectivity index (χ2n) is 4.93. The monoisotopic (exact) mass is 256 g/mol. The highest BCUT2D eigenvalue weighted by Crippen LogP contribution is 2.34. The fraction of sp³-hybridized carbons (Fsp3) is 0.353. The minimum atomic E-state index is -0.586. The standard InChI is InChI=1S/C17H20O2/c1-4-17(3,16(18)19-5-2)15-12-8-10-13-9-6-7-11-14(13)15/h6-12H,4-5H2,1-3H3. The quantitative estimate of drug-likeness (QED) is 0.771. The van der Waals surface area contributed by atoms with E-state index in [1.165, 1.54) is 0 Å². The zero-order valence-electron chi connectivity index (χ0n) is 11.8. The maximum absolute atomic E-state index is 12.3. The third kappa shape index (κ3) is 2.35. The minimum absolute atomic E-state index is 0.145. The molecule has 0 aliphatic heterocycles. The number of fused-ring (bicyclic) bond motifs is 1. The molecule has 1 atom stereocenters. The van der Waals surface area contributed by atoms with Crippen LogP contribution >= 0.6 is 0 Å². The SMILES string of the molecule is CCOC(=O)C(C)(CC)c1cccc2ccccc12. The number of hydrogen-bond donors (Lipinski definition) is 0. The van der Waals surface area contributed by atoms with Gasteiger partial charge in [-0.25, -0.2) is 0 Å². The molecule has 2 aromatic carbocycles. The van der Waals surface area contributed by atoms with Gasteiger partial charge in [-0.3, -0.25) is 4.79 Å². The molecule has 0 saturated carbocycles. The third-order valence-corrected chi connectivity index (χ3v) is 3.82. The van der Waals surface area contributed by atoms with Crippen LogP contribution in [0.1, 0.15) is 32.8 Å². The molecule has 0 radical (unpaired) electrons. The molecule has 2 heteroatoms. The van der Waals surface area contributed by atoms with Gasteiger partial charge in [0, 0.05) is 0 Å². The Bertz CT molecular complexity index is 583. The lowest BCUT2D eigenvalue weighted by Crippen LogP contribution is -2.34. The highest BCUT2D eigenvalue weighted by molar-refractivity contribution is 5.93. The summed E-state index contributed by atoms with van der Waals surface area (Å²) in [6.07, 6.45) is 0.722. The van der Waals surface area contributed by atoms with Crippen LogP contribution in [0.2, 0.25) is 0 Å². The smallest absolute Gasteiger partial charge is 0.316 e. The average Bonchev–Trinajstić information content (AvgIpc) is 2.46. The maximum Gasteiger partial charge on any atom is 0.316 e. The van der Waals surface area contributed by atoms with Crippen LogP contribution in [0.15, 0.2) is 42.5 Å². The molecule has 0 fully saturated rings. The van der Waals surface area contributed by atoms with Crippen molar-refractivity contribution in [1.82, 2.24) is 0 Å². The fourth-order valence-corrected chi connectivity index (χ4v) is 2.44. The van der Waals surface area contributed by atoms with Crippen LogP contribution < -0.4 is 0 Å². The van der Waals surface area contributed by atoms with Crippen molar-refractivity contribution in [3.8, 4) is 0 Å². The Morgan fingerprint density at radius 2 is 1.79 bits per heavy atom. The number of carbonyl (C=O) groups excluding carboxylic acids is 1. The van der Waals surface area contributed by atoms with Crippen molar-refractivity contribution in [3.63, 3.8) is 0 Å². The van der Waals surface area contributed by atoms with Gasteiger partial charge in [0.25, 0.3) is 0 Å². The first kappa shape index (κ1) is 13.6. The summed E-state index contributed by atoms with van der Waals surface area (Å²) < 4.78 is 5.26. The maximum atomic E-state index is 12.3. The lowest BCUT2D eigenvalue weighted by Gasteiger charge is -2.27. The van der Waals surface area contributed by atoms with E-state index >= 15 is 0 Å². The predicted octanol–water partition coefficient (Wildman–Crippen LogP) is 4.07. The molecule has 19 heavy (non-hydrogen) atoms. The minimum Gasteiger partial charge on any atom is -0.465 e. The van der Waals surface area contributed by atoms with Crippen LogP contribution in [-0.2, 0) is 14.9 Å². The molecule has 2 aromatic rings. The van der Waals surface area contributed by atoms with Crippen LogP contribution in [-0.4, -0.2) is 12.6 Å². The first-order chi connectivity index (χ1) is 9.13. The first-order valence-electron chi connectivity index (χ1n) is 6.79. The largest absolute Gasteiger partial charge is 0.465 e. The molecule has 0 amide bonds. The van der Waals surface area contributed by atoms with E-state index in [2.05, 4.69) is 18.2 Å². The highest BCUT2D eigenvalue weighted by atomic mass is 16.5. The molecule has 2 rings (SSSR count). The molecular formula is C17H20O2. The summed E-state index contributed by atoms with van der Waals surface area (Å²) in [5.74, 6) is -0.145. The second-order valence-corrected chi connectivity index (χ2v) is 4.93. The van der Waals surface area contributed by atoms with E-state index < -0.39 is 5.41 Å². The highest BCUT2D eigenvalue weighted by Gasteiger charge is 2.35. The average molecular weight is 256 g/mol. The number of rotatable bonds is 4. The Kier molecular flexibility index (Phi) is 3.89. The van der Waals surface area contributed by atoms with Crippen molar-refractivity contribution in [3.05, 3.63) is 48.0 Å². The zero-order valence-corrected chi connectivity index (χ0v) is 11.8. The molecule has 0 saturated heterocycles. The van der Waals surface area contributed by atoms with Gasteiger partial charge in [0.15, 0.2) is 0 Å². The molecule has 1 unspecified atom stereocenters. The third-order valence-electron chi connectivity index (χ3n) is 3.82. The molecule has 0 aliphatic rings. The number of hydrogen-bond acceptors (Lipinski definition) is 2. The summed E-state index contributed by atoms with van der Waals surface area (Å²) >= 11 is 0. The summed E-state index contributed by atoms with van der Waals surface area (Å²) in [4.78, 5) is 12.3. The Balaban J connectivity index is 2.61. The van der Waals surface area contributed by atoms with Crippen molar-refractivity contribution in [1.29, 1.82) is 0 Å². The van der Waals surface area contributed by atoms with Gasteiger partial charge in [-0.2, -0.15) is 0 Å². The van der Waals surface area contributed by atoms with Gasteiger partial charge in [0.05, 0.1) is 12.0 Å². The summed E-state index contributed by atoms with van der Waals surface area (Å²) in [6, 6.07) is 14.3. The van der Waals surface area contributed by atoms with E-state index in [9.17, 15) is 4.79 Å². The van der Waals surface area contributed by atoms with Crippen LogP contribution in [0, 0.1) is 0 Å². The Labute approximate surface area is 114 Å². The van der Waals surface area contributed by atoms with E-state index in [1.807, 2.05) is 45.0 Å². The number of ether oxygens (including phenoxy) is 1. The van der Waals surface area contributed by atoms with Gasteiger partial charge in [-0.05, 0) is 36.6 Å². The normalized spacial score (nSPS) is 14.1. The van der Waals surface area contributed by atoms with E-state index in [-0.39, 0.29) is 5.97 Å². The van der Waals surface area contributed by atoms with Crippen LogP contribution in [0.5, 0.6) is 0 Å². The van der Waals surface area contributed by atoms with E-state index in [4.69, 9.17) is 4.74 Å². The number of carbonyl (C=O) groups is 1. The van der Waals surface area contributed by atoms with E-state index in [1.54, 1.807) is 0 Å². The molecule has 0 aliphatic carbocycles. The van der Waals surface area contributed by atoms with Gasteiger partial charge in [0.2, 0.25) is 0 Å². The van der Waals surface area contributed by atoms with Gasteiger partial charge >= 0.3 is 5.97 Å². The van der Waals surface area contributed by atoms with Gasteiger partial charge < -0.3 is 4.74 Å². The Morgan fingerprint density at radius 1 is 1.11 bits per heavy atom. The summed E-state index contributed by atoms with van der Waals surface area (Å²) in [6.45, 7) is 6.25. The van der Waals surface area contributed by atoms with Crippen molar-refractivity contribution >= 4 is 16.7 Å². The first-order valence-corrected chi connectivity index (χ1v) is 6.79. The summed E-state index contributed by atoms with van der Waals surface area (Å²) in [7, 11) is 0. The van der Waals surface area contributed by atoms with E-state index in [0.717, 1.165) is 22.8 Å². The van der Waals surface area contributed by atoms with E-state index in [0.29, 0.717) is 6.61 Å². The van der Waals surface area contributed by atoms with Crippen LogP contribution in [0.25, 0.3) is 10.8 Å². The molecule has 100 valence electrons. The number of esters is 1. The zero-order chi connectivity index (χ0) is 13.9. The molecule has 0 N–H and O–H groups in total. The topological polar surface area (TPSA) is 26.3 Å². The van der Waals surface area contributed by atoms with Gasteiger partial charge in [-0.1, -0.05) is 49.4 Å². The lowest BCUT2D eigenvalue weighted by molar-refractivity contribution is -0.149. The van der Waals surface area contributed by atoms with Crippen LogP contribution in [0.3, 0.4) is 0 Å². The Morgan fingerprint density at radius 3 is 2.47 bits per heavy atom. The van der Waals surface area contributed by atoms with Crippen molar-refractivity contribution in [2.24, 2.45) is 0 Å². The molecule has 0 heterocycles. The molecule has 2 nitrogen and oxygen atoms in total. The van der Waals surface area contributed by atoms with Crippen molar-refractivity contribution in [2.45, 2.75) is 32.6 Å². The van der Waals surface area contributed by atoms with Gasteiger partial charge in [0.1, 0.15) is 0 Å². The summed E-state index contributed by atoms with van der Waals surface area (Å²) in [5, 5.41) is 2.28. The molecule has 0 aromatic heterocycles. The van der Waals surface area contributed by atoms with Crippen molar-refractivity contribution < 1.29 is 9.53 Å². The number of benzene rings is 2. The lowest BCUT2D eigenvalue weighted by atomic mass is 9.78. The second kappa shape index (κ2) is 5.43. The van der Waals surface area contributed by atoms with Crippen molar-refractivity contribution in [2.75, 3.05) is 6.61 Å². The Hall–Kier alpha value is -1.83. The molecule has 0 bridgehead atoms. The molecular weight excluding hydrogens is 236 g/mol. The van der Waals surface area contributed by atoms with Crippen LogP contribution in [0.4, 0.5) is 0 Å².